The van der Waals surface area contributed by atoms with Gasteiger partial charge >= 0.3 is 0 Å². The predicted octanol–water partition coefficient (Wildman–Crippen LogP) is 0.426. The molecule has 1 aliphatic rings. The smallest absolute Gasteiger partial charge is 0.245 e. The summed E-state index contributed by atoms with van der Waals surface area (Å²) in [6, 6.07) is -2.20. The number of carbonyl (C=O) groups excluding carboxylic acids is 3. The molecule has 11 atom stereocenters. The van der Waals surface area contributed by atoms with E-state index in [1.807, 2.05) is 46.4 Å². The lowest BCUT2D eigenvalue weighted by Gasteiger charge is -2.41. The van der Waals surface area contributed by atoms with Crippen molar-refractivity contribution in [1.29, 1.82) is 0 Å². The van der Waals surface area contributed by atoms with E-state index in [9.17, 15) is 34.8 Å². The van der Waals surface area contributed by atoms with Gasteiger partial charge in [0.2, 0.25) is 17.7 Å². The van der Waals surface area contributed by atoms with E-state index in [0.717, 1.165) is 19.3 Å². The zero-order valence-corrected chi connectivity index (χ0v) is 32.8. The van der Waals surface area contributed by atoms with Gasteiger partial charge in [-0.3, -0.25) is 19.3 Å². The quantitative estimate of drug-likeness (QED) is 0.0908. The van der Waals surface area contributed by atoms with E-state index < -0.39 is 54.6 Å². The molecule has 1 fully saturated rings. The monoisotopic (exact) mass is 718 g/mol. The van der Waals surface area contributed by atoms with Crippen molar-refractivity contribution in [3.63, 3.8) is 0 Å². The fourth-order valence-corrected chi connectivity index (χ4v) is 7.43. The van der Waals surface area contributed by atoms with Gasteiger partial charge in [0.05, 0.1) is 49.0 Å². The summed E-state index contributed by atoms with van der Waals surface area (Å²) in [6.45, 7) is 15.7. The normalized spacial score (nSPS) is 21.5. The molecular formula is C36H71N5O9. The molecule has 0 bridgehead atoms. The summed E-state index contributed by atoms with van der Waals surface area (Å²) >= 11 is 0. The van der Waals surface area contributed by atoms with Crippen LogP contribution in [-0.4, -0.2) is 162 Å². The van der Waals surface area contributed by atoms with Gasteiger partial charge in [-0.1, -0.05) is 61.8 Å². The van der Waals surface area contributed by atoms with Crippen molar-refractivity contribution in [1.82, 2.24) is 20.0 Å². The van der Waals surface area contributed by atoms with E-state index in [2.05, 4.69) is 19.2 Å². The highest BCUT2D eigenvalue weighted by molar-refractivity contribution is 5.90. The topological polar surface area (TPSA) is 198 Å². The number of aliphatic hydroxyl groups is 4. The third kappa shape index (κ3) is 12.1. The van der Waals surface area contributed by atoms with Crippen molar-refractivity contribution in [2.24, 2.45) is 29.4 Å². The highest BCUT2D eigenvalue weighted by atomic mass is 16.5. The summed E-state index contributed by atoms with van der Waals surface area (Å²) in [5.41, 5.74) is 5.37. The van der Waals surface area contributed by atoms with Crippen molar-refractivity contribution in [3.05, 3.63) is 0 Å². The van der Waals surface area contributed by atoms with Crippen LogP contribution in [0.15, 0.2) is 0 Å². The van der Waals surface area contributed by atoms with Crippen LogP contribution in [-0.2, 0) is 23.9 Å². The van der Waals surface area contributed by atoms with Crippen LogP contribution in [0.2, 0.25) is 0 Å². The number of amides is 3. The zero-order chi connectivity index (χ0) is 38.6. The van der Waals surface area contributed by atoms with Crippen LogP contribution in [0.5, 0.6) is 0 Å². The molecule has 0 aromatic rings. The van der Waals surface area contributed by atoms with Gasteiger partial charge in [-0.2, -0.15) is 0 Å². The molecule has 1 saturated heterocycles. The van der Waals surface area contributed by atoms with Gasteiger partial charge in [0, 0.05) is 40.9 Å². The summed E-state index contributed by atoms with van der Waals surface area (Å²) in [7, 11) is 6.54. The number of carbonyl (C=O) groups is 3. The first-order valence-electron chi connectivity index (χ1n) is 18.3. The Kier molecular flexibility index (Phi) is 19.9. The third-order valence-corrected chi connectivity index (χ3v) is 10.5. The van der Waals surface area contributed by atoms with Crippen LogP contribution in [0.3, 0.4) is 0 Å². The van der Waals surface area contributed by atoms with Crippen molar-refractivity contribution >= 4 is 17.7 Å². The maximum Gasteiger partial charge on any atom is 0.245 e. The number of rotatable bonds is 22. The van der Waals surface area contributed by atoms with Crippen LogP contribution in [0.25, 0.3) is 0 Å². The summed E-state index contributed by atoms with van der Waals surface area (Å²) in [6.07, 6.45) is -4.37. The molecule has 0 aliphatic carbocycles. The lowest BCUT2D eigenvalue weighted by atomic mass is 9.89. The minimum absolute atomic E-state index is 0.0223. The fraction of sp³-hybridized carbons (Fsp3) is 0.917. The van der Waals surface area contributed by atoms with Crippen molar-refractivity contribution in [2.45, 2.75) is 142 Å². The Morgan fingerprint density at radius 3 is 1.94 bits per heavy atom. The number of ether oxygens (including phenoxy) is 2. The number of nitrogens with zero attached hydrogens (tertiary/aromatic N) is 3. The molecule has 14 heteroatoms. The molecule has 1 heterocycles. The Morgan fingerprint density at radius 1 is 0.900 bits per heavy atom. The first kappa shape index (κ1) is 46.1. The van der Waals surface area contributed by atoms with Crippen LogP contribution in [0.1, 0.15) is 81.1 Å². The average molecular weight is 718 g/mol. The highest BCUT2D eigenvalue weighted by Crippen LogP contribution is 2.29. The number of methoxy groups -OCH3 is 2. The second kappa shape index (κ2) is 21.6. The Labute approximate surface area is 301 Å². The van der Waals surface area contributed by atoms with Crippen molar-refractivity contribution in [2.75, 3.05) is 47.9 Å². The van der Waals surface area contributed by atoms with Gasteiger partial charge in [-0.05, 0) is 43.6 Å². The van der Waals surface area contributed by atoms with E-state index in [-0.39, 0.29) is 67.1 Å². The maximum absolute atomic E-state index is 14.3. The van der Waals surface area contributed by atoms with E-state index in [1.165, 1.54) is 0 Å². The Bertz CT molecular complexity index is 1030. The largest absolute Gasteiger partial charge is 0.389 e. The van der Waals surface area contributed by atoms with E-state index in [4.69, 9.17) is 15.2 Å². The molecule has 7 N–H and O–H groups in total. The molecule has 294 valence electrons. The lowest BCUT2D eigenvalue weighted by molar-refractivity contribution is -0.147. The van der Waals surface area contributed by atoms with Gasteiger partial charge in [-0.25, -0.2) is 0 Å². The summed E-state index contributed by atoms with van der Waals surface area (Å²) < 4.78 is 11.8. The Hall–Kier alpha value is -1.91. The Balaban J connectivity index is 3.25. The van der Waals surface area contributed by atoms with Gasteiger partial charge < -0.3 is 50.8 Å². The Morgan fingerprint density at radius 2 is 1.48 bits per heavy atom. The summed E-state index contributed by atoms with van der Waals surface area (Å²) in [4.78, 5) is 47.0. The maximum atomic E-state index is 14.3. The SMILES string of the molecule is CCC(C)C(C(CC(=O)N1CCCC1C(OC)C(C)C)OC)N(C)C(=O)C(NC(=O)C(C(C)C)N(C)CC(O)C(O)C(O)C(O)CN)C(C)C. The number of aliphatic hydroxyl groups excluding tert-OH is 4. The lowest BCUT2D eigenvalue weighted by Crippen LogP contribution is -2.60. The van der Waals surface area contributed by atoms with Gasteiger partial charge in [0.15, 0.2) is 0 Å². The molecule has 0 aromatic carbocycles. The number of nitrogens with one attached hydrogen (secondary N) is 1. The number of hydrogen-bond acceptors (Lipinski definition) is 11. The predicted molar refractivity (Wildman–Crippen MR) is 193 cm³/mol. The van der Waals surface area contributed by atoms with Crippen LogP contribution in [0, 0.1) is 23.7 Å². The molecular weight excluding hydrogens is 646 g/mol. The van der Waals surface area contributed by atoms with Crippen molar-refractivity contribution in [3.8, 4) is 0 Å². The molecule has 50 heavy (non-hydrogen) atoms. The molecule has 0 aromatic heterocycles. The number of likely N-dealkylation sites (N-methyl/N-ethyl adjacent to an activating group) is 2. The molecule has 1 rings (SSSR count). The molecule has 1 aliphatic heterocycles. The van der Waals surface area contributed by atoms with Gasteiger partial charge in [-0.15, -0.1) is 0 Å². The number of hydrogen-bond donors (Lipinski definition) is 6. The van der Waals surface area contributed by atoms with E-state index >= 15 is 0 Å². The first-order valence-corrected chi connectivity index (χ1v) is 18.3. The molecule has 3 amide bonds. The molecule has 0 radical (unpaired) electrons. The minimum Gasteiger partial charge on any atom is -0.389 e. The molecule has 11 unspecified atom stereocenters. The van der Waals surface area contributed by atoms with Crippen LogP contribution >= 0.6 is 0 Å². The zero-order valence-electron chi connectivity index (χ0n) is 32.8. The van der Waals surface area contributed by atoms with E-state index in [1.54, 1.807) is 38.1 Å². The van der Waals surface area contributed by atoms with Gasteiger partial charge in [0.1, 0.15) is 18.2 Å². The molecule has 14 nitrogen and oxygen atoms in total. The summed E-state index contributed by atoms with van der Waals surface area (Å²) in [5.74, 6) is -1.13. The van der Waals surface area contributed by atoms with E-state index in [0.29, 0.717) is 6.54 Å². The van der Waals surface area contributed by atoms with Gasteiger partial charge in [0.25, 0.3) is 0 Å². The average Bonchev–Trinajstić information content (AvgIpc) is 3.54. The number of nitrogens with two attached hydrogens (primary N) is 1. The highest BCUT2D eigenvalue weighted by Gasteiger charge is 2.42. The summed E-state index contributed by atoms with van der Waals surface area (Å²) in [5, 5.41) is 43.9. The molecule has 0 spiro atoms. The minimum atomic E-state index is -1.70. The second-order valence-corrected chi connectivity index (χ2v) is 15.3. The third-order valence-electron chi connectivity index (χ3n) is 10.5. The number of likely N-dealkylation sites (tertiary alicyclic amines) is 1. The fourth-order valence-electron chi connectivity index (χ4n) is 7.43. The standard InChI is InChI=1S/C36H71N5O9/c1-13-23(8)31(27(49-11)17-28(44)41-16-14-15-24(41)34(50-12)22(6)7)40(10)36(48)29(20(2)3)38-35(47)30(21(4)5)39(9)19-26(43)33(46)32(45)25(42)18-37/h20-27,29-34,42-43,45-46H,13-19,37H2,1-12H3,(H,38,47). The van der Waals surface area contributed by atoms with Crippen LogP contribution in [0.4, 0.5) is 0 Å². The van der Waals surface area contributed by atoms with Crippen molar-refractivity contribution < 1.29 is 44.3 Å². The molecule has 0 saturated carbocycles. The first-order chi connectivity index (χ1) is 23.3. The second-order valence-electron chi connectivity index (χ2n) is 15.3. The van der Waals surface area contributed by atoms with Crippen LogP contribution < -0.4 is 11.1 Å².